The summed E-state index contributed by atoms with van der Waals surface area (Å²) in [4.78, 5) is 14.5. The monoisotopic (exact) mass is 292 g/mol. The molecular formula is C16H28N4O. The first kappa shape index (κ1) is 16.0. The number of carbonyl (C=O) groups is 1. The van der Waals surface area contributed by atoms with Crippen LogP contribution < -0.4 is 5.32 Å². The van der Waals surface area contributed by atoms with E-state index in [1.54, 1.807) is 6.20 Å². The van der Waals surface area contributed by atoms with Crippen LogP contribution in [0.4, 0.5) is 5.82 Å². The summed E-state index contributed by atoms with van der Waals surface area (Å²) < 4.78 is 1.94. The summed E-state index contributed by atoms with van der Waals surface area (Å²) in [5, 5.41) is 7.39. The van der Waals surface area contributed by atoms with E-state index in [0.717, 1.165) is 31.7 Å². The third-order valence-electron chi connectivity index (χ3n) is 4.29. The van der Waals surface area contributed by atoms with Crippen LogP contribution in [0.2, 0.25) is 0 Å². The van der Waals surface area contributed by atoms with Gasteiger partial charge in [0, 0.05) is 6.07 Å². The van der Waals surface area contributed by atoms with Gasteiger partial charge in [-0.1, -0.05) is 26.7 Å². The molecule has 1 N–H and O–H groups in total. The summed E-state index contributed by atoms with van der Waals surface area (Å²) in [6.07, 6.45) is 8.80. The van der Waals surface area contributed by atoms with Crippen molar-refractivity contribution >= 4 is 11.7 Å². The lowest BCUT2D eigenvalue weighted by atomic mass is 10.2. The van der Waals surface area contributed by atoms with E-state index in [2.05, 4.69) is 29.2 Å². The molecule has 0 aromatic carbocycles. The van der Waals surface area contributed by atoms with Gasteiger partial charge >= 0.3 is 0 Å². The predicted octanol–water partition coefficient (Wildman–Crippen LogP) is 3.06. The number of amides is 1. The molecule has 1 saturated heterocycles. The molecule has 0 spiro atoms. The highest BCUT2D eigenvalue weighted by Crippen LogP contribution is 2.20. The second-order valence-electron chi connectivity index (χ2n) is 5.87. The van der Waals surface area contributed by atoms with E-state index in [0.29, 0.717) is 12.6 Å². The highest BCUT2D eigenvalue weighted by atomic mass is 16.2. The molecule has 1 fully saturated rings. The SMILES string of the molecule is CCC(CC)n1nccc1NC(=O)CN1CCCCCC1. The van der Waals surface area contributed by atoms with Gasteiger partial charge in [-0.25, -0.2) is 4.68 Å². The van der Waals surface area contributed by atoms with Gasteiger partial charge in [-0.3, -0.25) is 9.69 Å². The summed E-state index contributed by atoms with van der Waals surface area (Å²) in [6.45, 7) is 6.88. The number of rotatable bonds is 6. The van der Waals surface area contributed by atoms with E-state index >= 15 is 0 Å². The first-order chi connectivity index (χ1) is 10.2. The number of hydrogen-bond donors (Lipinski definition) is 1. The number of hydrogen-bond acceptors (Lipinski definition) is 3. The summed E-state index contributed by atoms with van der Waals surface area (Å²) in [5.74, 6) is 0.896. The van der Waals surface area contributed by atoms with E-state index in [4.69, 9.17) is 0 Å². The van der Waals surface area contributed by atoms with E-state index in [9.17, 15) is 4.79 Å². The number of nitrogens with one attached hydrogen (secondary N) is 1. The number of likely N-dealkylation sites (tertiary alicyclic amines) is 1. The maximum Gasteiger partial charge on any atom is 0.239 e. The molecule has 2 rings (SSSR count). The van der Waals surface area contributed by atoms with Gasteiger partial charge < -0.3 is 5.32 Å². The molecule has 0 unspecified atom stereocenters. The first-order valence-corrected chi connectivity index (χ1v) is 8.30. The lowest BCUT2D eigenvalue weighted by Crippen LogP contribution is -2.34. The Morgan fingerprint density at radius 3 is 2.52 bits per heavy atom. The van der Waals surface area contributed by atoms with Gasteiger partial charge in [0.15, 0.2) is 0 Å². The highest BCUT2D eigenvalue weighted by molar-refractivity contribution is 5.91. The van der Waals surface area contributed by atoms with Crippen LogP contribution in [0.25, 0.3) is 0 Å². The van der Waals surface area contributed by atoms with Crippen LogP contribution in [-0.4, -0.2) is 40.2 Å². The minimum absolute atomic E-state index is 0.0737. The van der Waals surface area contributed by atoms with Crippen molar-refractivity contribution in [1.82, 2.24) is 14.7 Å². The Kier molecular flexibility index (Phi) is 6.23. The van der Waals surface area contributed by atoms with Crippen LogP contribution in [0.5, 0.6) is 0 Å². The van der Waals surface area contributed by atoms with Crippen LogP contribution >= 0.6 is 0 Å². The van der Waals surface area contributed by atoms with Crippen LogP contribution in [0.3, 0.4) is 0 Å². The summed E-state index contributed by atoms with van der Waals surface area (Å²) in [5.41, 5.74) is 0. The summed E-state index contributed by atoms with van der Waals surface area (Å²) in [6, 6.07) is 2.24. The van der Waals surface area contributed by atoms with Gasteiger partial charge in [-0.2, -0.15) is 5.10 Å². The Morgan fingerprint density at radius 2 is 1.90 bits per heavy atom. The van der Waals surface area contributed by atoms with Gasteiger partial charge in [0.05, 0.1) is 18.8 Å². The molecule has 5 nitrogen and oxygen atoms in total. The van der Waals surface area contributed by atoms with Crippen LogP contribution in [-0.2, 0) is 4.79 Å². The molecule has 1 amide bonds. The normalized spacial score (nSPS) is 16.9. The average molecular weight is 292 g/mol. The fourth-order valence-corrected chi connectivity index (χ4v) is 3.02. The van der Waals surface area contributed by atoms with Crippen LogP contribution in [0, 0.1) is 0 Å². The van der Waals surface area contributed by atoms with Crippen molar-refractivity contribution in [3.63, 3.8) is 0 Å². The molecule has 0 atom stereocenters. The van der Waals surface area contributed by atoms with Gasteiger partial charge in [-0.05, 0) is 38.8 Å². The molecule has 5 heteroatoms. The summed E-state index contributed by atoms with van der Waals surface area (Å²) >= 11 is 0. The van der Waals surface area contributed by atoms with E-state index in [1.165, 1.54) is 25.7 Å². The summed E-state index contributed by atoms with van der Waals surface area (Å²) in [7, 11) is 0. The van der Waals surface area contributed by atoms with Crippen molar-refractivity contribution in [2.45, 2.75) is 58.4 Å². The van der Waals surface area contributed by atoms with E-state index in [-0.39, 0.29) is 5.91 Å². The van der Waals surface area contributed by atoms with Gasteiger partial charge in [-0.15, -0.1) is 0 Å². The number of aromatic nitrogens is 2. The molecule has 0 radical (unpaired) electrons. The van der Waals surface area contributed by atoms with Crippen molar-refractivity contribution in [2.75, 3.05) is 25.0 Å². The molecular weight excluding hydrogens is 264 g/mol. The smallest absolute Gasteiger partial charge is 0.239 e. The van der Waals surface area contributed by atoms with Gasteiger partial charge in [0.1, 0.15) is 5.82 Å². The molecule has 1 aliphatic heterocycles. The number of carbonyl (C=O) groups excluding carboxylic acids is 1. The fraction of sp³-hybridized carbons (Fsp3) is 0.750. The van der Waals surface area contributed by atoms with Crippen LogP contribution in [0.1, 0.15) is 58.4 Å². The molecule has 0 saturated carbocycles. The lowest BCUT2D eigenvalue weighted by molar-refractivity contribution is -0.117. The van der Waals surface area contributed by atoms with Crippen molar-refractivity contribution in [3.05, 3.63) is 12.3 Å². The van der Waals surface area contributed by atoms with Gasteiger partial charge in [0.2, 0.25) is 5.91 Å². The maximum atomic E-state index is 12.2. The molecule has 1 aliphatic rings. The Labute approximate surface area is 127 Å². The Balaban J connectivity index is 1.91. The highest BCUT2D eigenvalue weighted by Gasteiger charge is 2.16. The van der Waals surface area contributed by atoms with Crippen molar-refractivity contribution in [2.24, 2.45) is 0 Å². The largest absolute Gasteiger partial charge is 0.310 e. The van der Waals surface area contributed by atoms with Gasteiger partial charge in [0.25, 0.3) is 0 Å². The Morgan fingerprint density at radius 1 is 1.24 bits per heavy atom. The molecule has 2 heterocycles. The zero-order valence-electron chi connectivity index (χ0n) is 13.3. The minimum atomic E-state index is 0.0737. The third-order valence-corrected chi connectivity index (χ3v) is 4.29. The third kappa shape index (κ3) is 4.56. The fourth-order valence-electron chi connectivity index (χ4n) is 3.02. The molecule has 1 aromatic rings. The Hall–Kier alpha value is -1.36. The predicted molar refractivity (Wildman–Crippen MR) is 85.4 cm³/mol. The second-order valence-corrected chi connectivity index (χ2v) is 5.87. The minimum Gasteiger partial charge on any atom is -0.310 e. The molecule has 1 aromatic heterocycles. The molecule has 0 bridgehead atoms. The second kappa shape index (κ2) is 8.17. The van der Waals surface area contributed by atoms with E-state index < -0.39 is 0 Å². The zero-order chi connectivity index (χ0) is 15.1. The van der Waals surface area contributed by atoms with E-state index in [1.807, 2.05) is 10.7 Å². The van der Waals surface area contributed by atoms with Crippen molar-refractivity contribution in [3.8, 4) is 0 Å². The van der Waals surface area contributed by atoms with Crippen molar-refractivity contribution < 1.29 is 4.79 Å². The Bertz CT molecular complexity index is 431. The lowest BCUT2D eigenvalue weighted by Gasteiger charge is -2.20. The standard InChI is InChI=1S/C16H28N4O/c1-3-14(4-2)20-15(9-10-17-20)18-16(21)13-19-11-7-5-6-8-12-19/h9-10,14H,3-8,11-13H2,1-2H3,(H,18,21). The zero-order valence-corrected chi connectivity index (χ0v) is 13.3. The maximum absolute atomic E-state index is 12.2. The molecule has 21 heavy (non-hydrogen) atoms. The molecule has 0 aliphatic carbocycles. The van der Waals surface area contributed by atoms with Crippen LogP contribution in [0.15, 0.2) is 12.3 Å². The number of anilines is 1. The topological polar surface area (TPSA) is 50.2 Å². The van der Waals surface area contributed by atoms with Crippen molar-refractivity contribution in [1.29, 1.82) is 0 Å². The average Bonchev–Trinajstić information content (AvgIpc) is 2.76. The molecule has 118 valence electrons. The quantitative estimate of drug-likeness (QED) is 0.876. The first-order valence-electron chi connectivity index (χ1n) is 8.30. The number of nitrogens with zero attached hydrogens (tertiary/aromatic N) is 3.